The standard InChI is InChI=1S/C19H20N2O/c1-19(2,3)13-7-8-17-16(11-13)18(9-10-20-17)21-14-5-4-6-15(22)12-14/h4-12,22H,1-3H3,(H,20,21). The van der Waals surface area contributed by atoms with E-state index in [1.54, 1.807) is 18.3 Å². The lowest BCUT2D eigenvalue weighted by atomic mass is 9.86. The fourth-order valence-electron chi connectivity index (χ4n) is 2.46. The lowest BCUT2D eigenvalue weighted by Crippen LogP contribution is -2.10. The van der Waals surface area contributed by atoms with Gasteiger partial charge in [-0.25, -0.2) is 0 Å². The van der Waals surface area contributed by atoms with Crippen LogP contribution in [0.4, 0.5) is 11.4 Å². The van der Waals surface area contributed by atoms with Crippen molar-refractivity contribution in [3.8, 4) is 5.75 Å². The average Bonchev–Trinajstić information content (AvgIpc) is 2.46. The van der Waals surface area contributed by atoms with Gasteiger partial charge in [0, 0.05) is 29.0 Å². The maximum Gasteiger partial charge on any atom is 0.117 e. The van der Waals surface area contributed by atoms with Gasteiger partial charge in [-0.05, 0) is 41.3 Å². The van der Waals surface area contributed by atoms with Crippen molar-refractivity contribution in [2.24, 2.45) is 0 Å². The summed E-state index contributed by atoms with van der Waals surface area (Å²) in [5.74, 6) is 0.249. The van der Waals surface area contributed by atoms with Crippen LogP contribution in [0.5, 0.6) is 5.75 Å². The zero-order valence-corrected chi connectivity index (χ0v) is 13.1. The lowest BCUT2D eigenvalue weighted by Gasteiger charge is -2.20. The molecule has 0 unspecified atom stereocenters. The number of aromatic nitrogens is 1. The van der Waals surface area contributed by atoms with Crippen molar-refractivity contribution >= 4 is 22.3 Å². The second-order valence-electron chi connectivity index (χ2n) is 6.52. The molecule has 3 nitrogen and oxygen atoms in total. The van der Waals surface area contributed by atoms with Crippen LogP contribution in [0.25, 0.3) is 10.9 Å². The molecule has 2 aromatic carbocycles. The van der Waals surface area contributed by atoms with Crippen LogP contribution in [0, 0.1) is 0 Å². The third kappa shape index (κ3) is 2.89. The van der Waals surface area contributed by atoms with Crippen molar-refractivity contribution < 1.29 is 5.11 Å². The van der Waals surface area contributed by atoms with E-state index in [4.69, 9.17) is 0 Å². The van der Waals surface area contributed by atoms with Gasteiger partial charge in [-0.3, -0.25) is 4.98 Å². The summed E-state index contributed by atoms with van der Waals surface area (Å²) in [5.41, 5.74) is 4.16. The molecule has 1 heterocycles. The van der Waals surface area contributed by atoms with Crippen molar-refractivity contribution in [1.29, 1.82) is 0 Å². The first-order chi connectivity index (χ1) is 10.4. The Bertz CT molecular complexity index is 819. The topological polar surface area (TPSA) is 45.2 Å². The molecule has 0 saturated heterocycles. The van der Waals surface area contributed by atoms with Crippen LogP contribution in [-0.4, -0.2) is 10.1 Å². The first kappa shape index (κ1) is 14.4. The van der Waals surface area contributed by atoms with Gasteiger partial charge in [-0.1, -0.05) is 32.9 Å². The monoisotopic (exact) mass is 292 g/mol. The fraction of sp³-hybridized carbons (Fsp3) is 0.211. The number of nitrogens with one attached hydrogen (secondary N) is 1. The van der Waals surface area contributed by atoms with Gasteiger partial charge in [-0.15, -0.1) is 0 Å². The molecule has 0 bridgehead atoms. The molecular formula is C19H20N2O. The first-order valence-electron chi connectivity index (χ1n) is 7.39. The Morgan fingerprint density at radius 3 is 2.55 bits per heavy atom. The summed E-state index contributed by atoms with van der Waals surface area (Å²) in [7, 11) is 0. The van der Waals surface area contributed by atoms with Gasteiger partial charge in [-0.2, -0.15) is 0 Å². The molecule has 3 heteroatoms. The number of anilines is 2. The van der Waals surface area contributed by atoms with Crippen molar-refractivity contribution in [2.45, 2.75) is 26.2 Å². The van der Waals surface area contributed by atoms with E-state index in [2.05, 4.69) is 49.3 Å². The predicted molar refractivity (Wildman–Crippen MR) is 91.8 cm³/mol. The van der Waals surface area contributed by atoms with Crippen LogP contribution >= 0.6 is 0 Å². The summed E-state index contributed by atoms with van der Waals surface area (Å²) in [5, 5.41) is 14.1. The van der Waals surface area contributed by atoms with Gasteiger partial charge in [0.1, 0.15) is 5.75 Å². The summed E-state index contributed by atoms with van der Waals surface area (Å²) in [6.45, 7) is 6.60. The average molecular weight is 292 g/mol. The molecule has 3 aromatic rings. The number of benzene rings is 2. The molecule has 2 N–H and O–H groups in total. The molecule has 0 aliphatic carbocycles. The highest BCUT2D eigenvalue weighted by molar-refractivity contribution is 5.93. The molecular weight excluding hydrogens is 272 g/mol. The van der Waals surface area contributed by atoms with Crippen molar-refractivity contribution in [1.82, 2.24) is 4.98 Å². The van der Waals surface area contributed by atoms with Gasteiger partial charge in [0.15, 0.2) is 0 Å². The number of nitrogens with zero attached hydrogens (tertiary/aromatic N) is 1. The Morgan fingerprint density at radius 2 is 1.82 bits per heavy atom. The van der Waals surface area contributed by atoms with Crippen molar-refractivity contribution in [2.75, 3.05) is 5.32 Å². The van der Waals surface area contributed by atoms with E-state index < -0.39 is 0 Å². The Balaban J connectivity index is 2.09. The molecule has 112 valence electrons. The summed E-state index contributed by atoms with van der Waals surface area (Å²) < 4.78 is 0. The molecule has 3 rings (SSSR count). The van der Waals surface area contributed by atoms with E-state index in [0.29, 0.717) is 0 Å². The zero-order chi connectivity index (χ0) is 15.7. The minimum absolute atomic E-state index is 0.0896. The number of rotatable bonds is 2. The highest BCUT2D eigenvalue weighted by atomic mass is 16.3. The summed E-state index contributed by atoms with van der Waals surface area (Å²) in [6, 6.07) is 15.5. The summed E-state index contributed by atoms with van der Waals surface area (Å²) >= 11 is 0. The quantitative estimate of drug-likeness (QED) is 0.700. The van der Waals surface area contributed by atoms with Crippen LogP contribution in [0.2, 0.25) is 0 Å². The first-order valence-corrected chi connectivity index (χ1v) is 7.39. The van der Waals surface area contributed by atoms with Crippen LogP contribution in [0.1, 0.15) is 26.3 Å². The lowest BCUT2D eigenvalue weighted by molar-refractivity contribution is 0.475. The summed E-state index contributed by atoms with van der Waals surface area (Å²) in [4.78, 5) is 4.43. The van der Waals surface area contributed by atoms with E-state index >= 15 is 0 Å². The zero-order valence-electron chi connectivity index (χ0n) is 13.1. The normalized spacial score (nSPS) is 11.6. The van der Waals surface area contributed by atoms with Crippen molar-refractivity contribution in [3.63, 3.8) is 0 Å². The Kier molecular flexibility index (Phi) is 3.49. The Hall–Kier alpha value is -2.55. The molecule has 1 aromatic heterocycles. The highest BCUT2D eigenvalue weighted by Crippen LogP contribution is 2.31. The third-order valence-corrected chi connectivity index (χ3v) is 3.73. The summed E-state index contributed by atoms with van der Waals surface area (Å²) in [6.07, 6.45) is 1.80. The van der Waals surface area contributed by atoms with E-state index in [9.17, 15) is 5.11 Å². The minimum atomic E-state index is 0.0896. The van der Waals surface area contributed by atoms with Crippen LogP contribution in [0.3, 0.4) is 0 Å². The Morgan fingerprint density at radius 1 is 1.00 bits per heavy atom. The molecule has 0 atom stereocenters. The molecule has 0 aliphatic rings. The molecule has 22 heavy (non-hydrogen) atoms. The van der Waals surface area contributed by atoms with E-state index in [0.717, 1.165) is 22.3 Å². The number of pyridine rings is 1. The van der Waals surface area contributed by atoms with Gasteiger partial charge in [0.05, 0.1) is 5.52 Å². The predicted octanol–water partition coefficient (Wildman–Crippen LogP) is 4.98. The Labute approximate surface area is 130 Å². The number of fused-ring (bicyclic) bond motifs is 1. The number of aromatic hydroxyl groups is 1. The van der Waals surface area contributed by atoms with E-state index in [1.165, 1.54) is 5.56 Å². The number of phenols is 1. The second-order valence-corrected chi connectivity index (χ2v) is 6.52. The minimum Gasteiger partial charge on any atom is -0.508 e. The molecule has 0 fully saturated rings. The van der Waals surface area contributed by atoms with Crippen LogP contribution in [0.15, 0.2) is 54.7 Å². The molecule has 0 spiro atoms. The third-order valence-electron chi connectivity index (χ3n) is 3.73. The van der Waals surface area contributed by atoms with Gasteiger partial charge in [0.2, 0.25) is 0 Å². The molecule has 0 aliphatic heterocycles. The van der Waals surface area contributed by atoms with Gasteiger partial charge < -0.3 is 10.4 Å². The van der Waals surface area contributed by atoms with Gasteiger partial charge >= 0.3 is 0 Å². The van der Waals surface area contributed by atoms with Crippen molar-refractivity contribution in [3.05, 3.63) is 60.3 Å². The maximum atomic E-state index is 9.60. The number of hydrogen-bond acceptors (Lipinski definition) is 3. The second kappa shape index (κ2) is 5.34. The molecule has 0 saturated carbocycles. The smallest absolute Gasteiger partial charge is 0.117 e. The maximum absolute atomic E-state index is 9.60. The largest absolute Gasteiger partial charge is 0.508 e. The number of phenolic OH excluding ortho intramolecular Hbond substituents is 1. The van der Waals surface area contributed by atoms with Crippen LogP contribution < -0.4 is 5.32 Å². The fourth-order valence-corrected chi connectivity index (χ4v) is 2.46. The van der Waals surface area contributed by atoms with E-state index in [-0.39, 0.29) is 11.2 Å². The molecule has 0 radical (unpaired) electrons. The van der Waals surface area contributed by atoms with Crippen LogP contribution in [-0.2, 0) is 5.41 Å². The number of hydrogen-bond donors (Lipinski definition) is 2. The van der Waals surface area contributed by atoms with Gasteiger partial charge in [0.25, 0.3) is 0 Å². The SMILES string of the molecule is CC(C)(C)c1ccc2nccc(Nc3cccc(O)c3)c2c1. The molecule has 0 amide bonds. The highest BCUT2D eigenvalue weighted by Gasteiger charge is 2.15. The van der Waals surface area contributed by atoms with E-state index in [1.807, 2.05) is 18.2 Å².